The van der Waals surface area contributed by atoms with E-state index in [-0.39, 0.29) is 11.5 Å². The van der Waals surface area contributed by atoms with E-state index in [1.165, 1.54) is 23.1 Å². The van der Waals surface area contributed by atoms with Crippen LogP contribution in [0, 0.1) is 11.3 Å². The Kier molecular flexibility index (Phi) is 4.22. The number of anilines is 1. The number of nitrogen functional groups attached to an aromatic ring is 1. The molecule has 2 rings (SSSR count). The molecule has 0 aliphatic heterocycles. The summed E-state index contributed by atoms with van der Waals surface area (Å²) in [5.41, 5.74) is 5.78. The van der Waals surface area contributed by atoms with E-state index in [0.29, 0.717) is 10.7 Å². The predicted molar refractivity (Wildman–Crippen MR) is 81.3 cm³/mol. The molecule has 0 saturated carbocycles. The quantitative estimate of drug-likeness (QED) is 0.529. The number of aromatic nitrogens is 2. The van der Waals surface area contributed by atoms with Crippen LogP contribution in [0.3, 0.4) is 0 Å². The molecule has 102 valence electrons. The molecule has 0 unspecified atom stereocenters. The first-order valence-corrected chi connectivity index (χ1v) is 7.65. The number of hydrogen-bond donors (Lipinski definition) is 1. The molecule has 0 aromatic carbocycles. The van der Waals surface area contributed by atoms with Gasteiger partial charge in [0.15, 0.2) is 5.56 Å². The van der Waals surface area contributed by atoms with E-state index in [2.05, 4.69) is 10.1 Å². The van der Waals surface area contributed by atoms with E-state index >= 15 is 0 Å². The lowest BCUT2D eigenvalue weighted by molar-refractivity contribution is 0.785. The fourth-order valence-corrected chi connectivity index (χ4v) is 2.73. The summed E-state index contributed by atoms with van der Waals surface area (Å²) in [5.74, 6) is -0.0331. The molecule has 0 radical (unpaired) electrons. The van der Waals surface area contributed by atoms with Gasteiger partial charge in [0.2, 0.25) is 5.95 Å². The number of nitrogens with two attached hydrogens (primary N) is 1. The Morgan fingerprint density at radius 1 is 1.65 bits per heavy atom. The zero-order valence-electron chi connectivity index (χ0n) is 10.8. The molecule has 0 aliphatic carbocycles. The lowest BCUT2D eigenvalue weighted by Crippen LogP contribution is -2.25. The van der Waals surface area contributed by atoms with Gasteiger partial charge < -0.3 is 5.73 Å². The van der Waals surface area contributed by atoms with Gasteiger partial charge in [-0.15, -0.1) is 23.1 Å². The minimum atomic E-state index is -0.555. The molecule has 8 heteroatoms. The molecular formula is C12H11N5OS2. The molecular weight excluding hydrogens is 294 g/mol. The van der Waals surface area contributed by atoms with Crippen LogP contribution in [-0.4, -0.2) is 21.6 Å². The smallest absolute Gasteiger partial charge is 0.294 e. The molecule has 0 spiro atoms. The van der Waals surface area contributed by atoms with Crippen molar-refractivity contribution in [2.45, 2.75) is 11.9 Å². The van der Waals surface area contributed by atoms with Crippen molar-refractivity contribution >= 4 is 34.8 Å². The molecule has 2 aromatic heterocycles. The van der Waals surface area contributed by atoms with Crippen LogP contribution >= 0.6 is 23.1 Å². The van der Waals surface area contributed by atoms with Crippen LogP contribution < -0.4 is 11.3 Å². The highest BCUT2D eigenvalue weighted by atomic mass is 32.2. The summed E-state index contributed by atoms with van der Waals surface area (Å²) in [4.78, 5) is 17.2. The predicted octanol–water partition coefficient (Wildman–Crippen LogP) is 1.75. The van der Waals surface area contributed by atoms with Gasteiger partial charge in [0.05, 0.1) is 10.6 Å². The number of rotatable bonds is 3. The maximum atomic E-state index is 12.2. The monoisotopic (exact) mass is 305 g/mol. The average Bonchev–Trinajstić information content (AvgIpc) is 2.96. The Balaban J connectivity index is 2.62. The van der Waals surface area contributed by atoms with Gasteiger partial charge in [0, 0.05) is 0 Å². The zero-order chi connectivity index (χ0) is 14.7. The SMILES string of the molecule is CSc1nc(N)n(/N=C(\C)c2cccs2)c(=O)c1C#N. The van der Waals surface area contributed by atoms with Crippen molar-refractivity contribution in [1.29, 1.82) is 5.26 Å². The minimum Gasteiger partial charge on any atom is -0.368 e. The molecule has 0 bridgehead atoms. The number of thioether (sulfide) groups is 1. The Hall–Kier alpha value is -2.11. The molecule has 2 N–H and O–H groups in total. The van der Waals surface area contributed by atoms with Gasteiger partial charge in [-0.3, -0.25) is 4.79 Å². The maximum Gasteiger partial charge on any atom is 0.294 e. The first kappa shape index (κ1) is 14.3. The molecule has 0 amide bonds. The number of nitriles is 1. The van der Waals surface area contributed by atoms with Gasteiger partial charge >= 0.3 is 0 Å². The Morgan fingerprint density at radius 2 is 2.40 bits per heavy atom. The highest BCUT2D eigenvalue weighted by Crippen LogP contribution is 2.16. The topological polar surface area (TPSA) is 97.1 Å². The van der Waals surface area contributed by atoms with Crippen molar-refractivity contribution in [3.63, 3.8) is 0 Å². The highest BCUT2D eigenvalue weighted by Gasteiger charge is 2.14. The fraction of sp³-hybridized carbons (Fsp3) is 0.167. The fourth-order valence-electron chi connectivity index (χ4n) is 1.53. The van der Waals surface area contributed by atoms with Crippen LogP contribution in [0.25, 0.3) is 0 Å². The third-order valence-electron chi connectivity index (χ3n) is 2.49. The number of nitrogens with zero attached hydrogens (tertiary/aromatic N) is 4. The van der Waals surface area contributed by atoms with Crippen LogP contribution in [0.5, 0.6) is 0 Å². The second kappa shape index (κ2) is 5.90. The molecule has 2 heterocycles. The van der Waals surface area contributed by atoms with Crippen molar-refractivity contribution in [2.75, 3.05) is 12.0 Å². The van der Waals surface area contributed by atoms with Crippen molar-refractivity contribution in [3.8, 4) is 6.07 Å². The van der Waals surface area contributed by atoms with Crippen LogP contribution in [0.1, 0.15) is 17.4 Å². The summed E-state index contributed by atoms with van der Waals surface area (Å²) in [6.45, 7) is 1.77. The van der Waals surface area contributed by atoms with Crippen LogP contribution in [-0.2, 0) is 0 Å². The Labute approximate surface area is 123 Å². The van der Waals surface area contributed by atoms with Crippen LogP contribution in [0.15, 0.2) is 32.4 Å². The number of hydrogen-bond acceptors (Lipinski definition) is 7. The van der Waals surface area contributed by atoms with Crippen molar-refractivity contribution < 1.29 is 0 Å². The summed E-state index contributed by atoms with van der Waals surface area (Å²) < 4.78 is 0.966. The lowest BCUT2D eigenvalue weighted by atomic mass is 10.3. The summed E-state index contributed by atoms with van der Waals surface area (Å²) in [5, 5.41) is 15.5. The minimum absolute atomic E-state index is 0.0331. The summed E-state index contributed by atoms with van der Waals surface area (Å²) in [6.07, 6.45) is 1.73. The van der Waals surface area contributed by atoms with Crippen molar-refractivity contribution in [3.05, 3.63) is 38.3 Å². The van der Waals surface area contributed by atoms with Crippen LogP contribution in [0.4, 0.5) is 5.95 Å². The van der Waals surface area contributed by atoms with Crippen molar-refractivity contribution in [1.82, 2.24) is 9.66 Å². The maximum absolute atomic E-state index is 12.2. The van der Waals surface area contributed by atoms with Gasteiger partial charge in [0.1, 0.15) is 11.1 Å². The molecule has 0 atom stereocenters. The Bertz CT molecular complexity index is 755. The second-order valence-corrected chi connectivity index (χ2v) is 5.49. The third-order valence-corrected chi connectivity index (χ3v) is 4.15. The molecule has 2 aromatic rings. The van der Waals surface area contributed by atoms with E-state index in [1.54, 1.807) is 13.2 Å². The third kappa shape index (κ3) is 2.59. The summed E-state index contributed by atoms with van der Waals surface area (Å²) in [6, 6.07) is 5.63. The number of thiophene rings is 1. The zero-order valence-corrected chi connectivity index (χ0v) is 12.5. The molecule has 0 saturated heterocycles. The lowest BCUT2D eigenvalue weighted by Gasteiger charge is -2.07. The first-order chi connectivity index (χ1) is 9.58. The molecule has 0 aliphatic rings. The van der Waals surface area contributed by atoms with Crippen LogP contribution in [0.2, 0.25) is 0 Å². The van der Waals surface area contributed by atoms with E-state index < -0.39 is 5.56 Å². The molecule has 20 heavy (non-hydrogen) atoms. The van der Waals surface area contributed by atoms with Gasteiger partial charge in [-0.2, -0.15) is 15.0 Å². The normalized spacial score (nSPS) is 11.3. The van der Waals surface area contributed by atoms with E-state index in [4.69, 9.17) is 11.0 Å². The van der Waals surface area contributed by atoms with E-state index in [0.717, 1.165) is 9.55 Å². The van der Waals surface area contributed by atoms with E-state index in [1.807, 2.05) is 23.6 Å². The standard InChI is InChI=1S/C12H11N5OS2/c1-7(9-4-3-5-20-9)16-17-11(18)8(6-13)10(19-2)15-12(17)14/h3-5H,1-2H3,(H2,14,15)/b16-7+. The molecule has 6 nitrogen and oxygen atoms in total. The average molecular weight is 305 g/mol. The van der Waals surface area contributed by atoms with Gasteiger partial charge in [-0.05, 0) is 24.6 Å². The van der Waals surface area contributed by atoms with Gasteiger partial charge in [-0.25, -0.2) is 4.98 Å². The van der Waals surface area contributed by atoms with Gasteiger partial charge in [0.25, 0.3) is 5.56 Å². The summed E-state index contributed by atoms with van der Waals surface area (Å²) in [7, 11) is 0. The van der Waals surface area contributed by atoms with E-state index in [9.17, 15) is 4.79 Å². The van der Waals surface area contributed by atoms with Crippen molar-refractivity contribution in [2.24, 2.45) is 5.10 Å². The summed E-state index contributed by atoms with van der Waals surface area (Å²) >= 11 is 2.70. The van der Waals surface area contributed by atoms with Gasteiger partial charge in [-0.1, -0.05) is 6.07 Å². The second-order valence-electron chi connectivity index (χ2n) is 3.75. The molecule has 0 fully saturated rings. The first-order valence-electron chi connectivity index (χ1n) is 5.54. The Morgan fingerprint density at radius 3 is 2.95 bits per heavy atom. The largest absolute Gasteiger partial charge is 0.368 e. The highest BCUT2D eigenvalue weighted by molar-refractivity contribution is 7.98.